The number of benzene rings is 2. The molecule has 0 fully saturated rings. The normalized spacial score (nSPS) is 11.0. The van der Waals surface area contributed by atoms with E-state index in [1.165, 1.54) is 18.5 Å². The van der Waals surface area contributed by atoms with E-state index in [2.05, 4.69) is 20.3 Å². The van der Waals surface area contributed by atoms with E-state index >= 15 is 0 Å². The highest BCUT2D eigenvalue weighted by Crippen LogP contribution is 2.31. The van der Waals surface area contributed by atoms with Gasteiger partial charge in [-0.2, -0.15) is 0 Å². The fourth-order valence-electron chi connectivity index (χ4n) is 3.18. The van der Waals surface area contributed by atoms with Crippen molar-refractivity contribution in [2.45, 2.75) is 16.5 Å². The molecule has 12 heteroatoms. The molecular formula is C21H17F2N7O2S. The number of nitrogens with one attached hydrogen (secondary N) is 2. The zero-order chi connectivity index (χ0) is 23.7. The molecule has 0 bridgehead atoms. The lowest BCUT2D eigenvalue weighted by molar-refractivity contribution is 0.0944. The maximum atomic E-state index is 14.2. The number of nitrogens with zero attached hydrogens (tertiary/aromatic N) is 2. The van der Waals surface area contributed by atoms with Crippen LogP contribution in [0.25, 0.3) is 10.9 Å². The lowest BCUT2D eigenvalue weighted by Gasteiger charge is -2.10. The summed E-state index contributed by atoms with van der Waals surface area (Å²) in [5.41, 5.74) is 17.7. The number of rotatable bonds is 6. The number of fused-ring (bicyclic) bond motifs is 1. The van der Waals surface area contributed by atoms with Crippen molar-refractivity contribution in [3.05, 3.63) is 71.2 Å². The van der Waals surface area contributed by atoms with Crippen LogP contribution in [0.1, 0.15) is 26.4 Å². The van der Waals surface area contributed by atoms with Gasteiger partial charge < -0.3 is 27.5 Å². The molecule has 0 aliphatic carbocycles. The minimum Gasteiger partial charge on any atom is -0.399 e. The fourth-order valence-corrected chi connectivity index (χ4v) is 4.05. The molecule has 33 heavy (non-hydrogen) atoms. The van der Waals surface area contributed by atoms with Gasteiger partial charge in [-0.1, -0.05) is 11.8 Å². The van der Waals surface area contributed by atoms with Gasteiger partial charge in [0.05, 0.1) is 17.3 Å². The molecule has 0 radical (unpaired) electrons. The molecular weight excluding hydrogens is 452 g/mol. The van der Waals surface area contributed by atoms with Crippen molar-refractivity contribution in [2.24, 2.45) is 5.73 Å². The van der Waals surface area contributed by atoms with Gasteiger partial charge in [-0.25, -0.2) is 18.7 Å². The number of carbonyl (C=O) groups excluding carboxylic acids is 2. The highest BCUT2D eigenvalue weighted by molar-refractivity contribution is 7.99. The number of anilines is 2. The number of halogens is 2. The average Bonchev–Trinajstić information content (AvgIpc) is 3.22. The Bertz CT molecular complexity index is 1410. The Morgan fingerprint density at radius 2 is 1.88 bits per heavy atom. The van der Waals surface area contributed by atoms with Crippen LogP contribution in [0.4, 0.5) is 20.3 Å². The van der Waals surface area contributed by atoms with Crippen LogP contribution in [-0.2, 0) is 6.54 Å². The van der Waals surface area contributed by atoms with Gasteiger partial charge in [0.2, 0.25) is 5.91 Å². The molecule has 0 saturated heterocycles. The quantitative estimate of drug-likeness (QED) is 0.271. The van der Waals surface area contributed by atoms with Crippen LogP contribution in [0.3, 0.4) is 0 Å². The Balaban J connectivity index is 1.56. The number of hydrogen-bond donors (Lipinski definition) is 5. The number of aromatic amines is 1. The van der Waals surface area contributed by atoms with E-state index in [0.29, 0.717) is 16.1 Å². The summed E-state index contributed by atoms with van der Waals surface area (Å²) in [4.78, 5) is 35.7. The largest absolute Gasteiger partial charge is 0.399 e. The number of amides is 2. The second-order valence-electron chi connectivity index (χ2n) is 6.94. The highest BCUT2D eigenvalue weighted by Gasteiger charge is 2.18. The zero-order valence-electron chi connectivity index (χ0n) is 16.9. The molecule has 0 aliphatic heterocycles. The van der Waals surface area contributed by atoms with E-state index in [-0.39, 0.29) is 39.5 Å². The molecule has 2 heterocycles. The highest BCUT2D eigenvalue weighted by atomic mass is 32.2. The summed E-state index contributed by atoms with van der Waals surface area (Å²) < 4.78 is 28.0. The van der Waals surface area contributed by atoms with E-state index < -0.39 is 23.4 Å². The van der Waals surface area contributed by atoms with Gasteiger partial charge in [-0.15, -0.1) is 0 Å². The van der Waals surface area contributed by atoms with Gasteiger partial charge in [0.25, 0.3) is 5.91 Å². The number of nitrogen functional groups attached to an aromatic ring is 2. The average molecular weight is 469 g/mol. The van der Waals surface area contributed by atoms with Crippen LogP contribution in [0.15, 0.2) is 52.6 Å². The molecule has 0 aliphatic rings. The molecule has 4 aromatic rings. The lowest BCUT2D eigenvalue weighted by atomic mass is 10.1. The maximum Gasteiger partial charge on any atom is 0.274 e. The van der Waals surface area contributed by atoms with Crippen molar-refractivity contribution in [1.82, 2.24) is 20.3 Å². The molecule has 0 saturated carbocycles. The first-order chi connectivity index (χ1) is 15.7. The SMILES string of the molecule is NC(=O)c1cc(N)ccc1Sc1cnc(N)c(C(=O)NCc2c[nH]c3c(F)ccc(F)c23)n1. The molecule has 0 atom stereocenters. The maximum absolute atomic E-state index is 14.2. The summed E-state index contributed by atoms with van der Waals surface area (Å²) >= 11 is 1.05. The van der Waals surface area contributed by atoms with Gasteiger partial charge in [-0.05, 0) is 35.9 Å². The van der Waals surface area contributed by atoms with Crippen molar-refractivity contribution in [3.63, 3.8) is 0 Å². The van der Waals surface area contributed by atoms with Gasteiger partial charge >= 0.3 is 0 Å². The monoisotopic (exact) mass is 469 g/mol. The molecule has 2 aromatic heterocycles. The van der Waals surface area contributed by atoms with Crippen molar-refractivity contribution < 1.29 is 18.4 Å². The molecule has 0 spiro atoms. The van der Waals surface area contributed by atoms with Crippen LogP contribution in [0, 0.1) is 11.6 Å². The van der Waals surface area contributed by atoms with Crippen LogP contribution in [-0.4, -0.2) is 26.8 Å². The van der Waals surface area contributed by atoms with E-state index in [0.717, 1.165) is 23.9 Å². The number of H-pyrrole nitrogens is 1. The predicted molar refractivity (Wildman–Crippen MR) is 119 cm³/mol. The molecule has 2 aromatic carbocycles. The fraction of sp³-hybridized carbons (Fsp3) is 0.0476. The Hall–Kier alpha value is -4.19. The van der Waals surface area contributed by atoms with E-state index in [1.54, 1.807) is 12.1 Å². The molecule has 168 valence electrons. The van der Waals surface area contributed by atoms with Crippen molar-refractivity contribution in [2.75, 3.05) is 11.5 Å². The molecule has 8 N–H and O–H groups in total. The smallest absolute Gasteiger partial charge is 0.274 e. The van der Waals surface area contributed by atoms with Gasteiger partial charge in [-0.3, -0.25) is 9.59 Å². The Morgan fingerprint density at radius 3 is 2.64 bits per heavy atom. The first-order valence-electron chi connectivity index (χ1n) is 9.46. The van der Waals surface area contributed by atoms with E-state index in [9.17, 15) is 18.4 Å². The minimum absolute atomic E-state index is 0.00528. The second-order valence-corrected chi connectivity index (χ2v) is 8.00. The molecule has 9 nitrogen and oxygen atoms in total. The van der Waals surface area contributed by atoms with E-state index in [4.69, 9.17) is 17.2 Å². The third-order valence-electron chi connectivity index (χ3n) is 4.73. The summed E-state index contributed by atoms with van der Waals surface area (Å²) in [5.74, 6) is -2.69. The molecule has 2 amide bonds. The number of hydrogen-bond acceptors (Lipinski definition) is 7. The van der Waals surface area contributed by atoms with Crippen LogP contribution in [0.5, 0.6) is 0 Å². The lowest BCUT2D eigenvalue weighted by Crippen LogP contribution is -2.25. The number of aromatic nitrogens is 3. The summed E-state index contributed by atoms with van der Waals surface area (Å²) in [6, 6.07) is 6.66. The van der Waals surface area contributed by atoms with Gasteiger partial charge in [0.1, 0.15) is 16.7 Å². The van der Waals surface area contributed by atoms with Crippen LogP contribution >= 0.6 is 11.8 Å². The standard InChI is InChI=1S/C21H17F2N7O2S/c22-12-2-3-13(23)17-16(12)9(6-27-17)7-29-21(32)18-19(25)28-8-15(30-18)33-14-4-1-10(24)5-11(14)20(26)31/h1-6,8,27H,7,24H2,(H2,25,28)(H2,26,31)(H,29,32). The second kappa shape index (κ2) is 8.74. The van der Waals surface area contributed by atoms with Crippen molar-refractivity contribution in [1.29, 1.82) is 0 Å². The summed E-state index contributed by atoms with van der Waals surface area (Å²) in [6.07, 6.45) is 2.75. The van der Waals surface area contributed by atoms with Gasteiger partial charge in [0, 0.05) is 28.7 Å². The third-order valence-corrected chi connectivity index (χ3v) is 5.71. The third kappa shape index (κ3) is 4.41. The minimum atomic E-state index is -0.673. The number of nitrogens with two attached hydrogens (primary N) is 3. The summed E-state index contributed by atoms with van der Waals surface area (Å²) in [7, 11) is 0. The first kappa shape index (κ1) is 22.0. The van der Waals surface area contributed by atoms with Crippen LogP contribution in [0.2, 0.25) is 0 Å². The predicted octanol–water partition coefficient (Wildman–Crippen LogP) is 2.58. The van der Waals surface area contributed by atoms with Crippen molar-refractivity contribution in [3.8, 4) is 0 Å². The number of primary amides is 1. The first-order valence-corrected chi connectivity index (χ1v) is 10.3. The summed E-state index contributed by atoms with van der Waals surface area (Å²) in [5, 5.41) is 2.90. The topological polar surface area (TPSA) is 166 Å². The van der Waals surface area contributed by atoms with Gasteiger partial charge in [0.15, 0.2) is 11.5 Å². The summed E-state index contributed by atoms with van der Waals surface area (Å²) in [6.45, 7) is -0.110. The molecule has 0 unspecified atom stereocenters. The Kier molecular flexibility index (Phi) is 5.84. The van der Waals surface area contributed by atoms with Crippen molar-refractivity contribution >= 4 is 46.0 Å². The van der Waals surface area contributed by atoms with E-state index in [1.807, 2.05) is 0 Å². The zero-order valence-corrected chi connectivity index (χ0v) is 17.7. The van der Waals surface area contributed by atoms with Crippen LogP contribution < -0.4 is 22.5 Å². The molecule has 4 rings (SSSR count). The number of carbonyl (C=O) groups is 2. The Morgan fingerprint density at radius 1 is 1.12 bits per heavy atom. The Labute approximate surface area is 189 Å².